The first-order valence-electron chi connectivity index (χ1n) is 10.7. The smallest absolute Gasteiger partial charge is 0.262 e. The van der Waals surface area contributed by atoms with Crippen molar-refractivity contribution < 1.29 is 14.3 Å². The highest BCUT2D eigenvalue weighted by molar-refractivity contribution is 7.18. The first-order valence-corrected chi connectivity index (χ1v) is 11.5. The number of rotatable bonds is 7. The molecule has 0 radical (unpaired) electrons. The van der Waals surface area contributed by atoms with Gasteiger partial charge in [-0.15, -0.1) is 11.3 Å². The van der Waals surface area contributed by atoms with Crippen molar-refractivity contribution in [3.63, 3.8) is 0 Å². The fourth-order valence-corrected chi connectivity index (χ4v) is 4.44. The molecule has 2 heterocycles. The first-order chi connectivity index (χ1) is 16.4. The average Bonchev–Trinajstić information content (AvgIpc) is 3.13. The van der Waals surface area contributed by atoms with Crippen molar-refractivity contribution >= 4 is 44.7 Å². The van der Waals surface area contributed by atoms with Crippen LogP contribution in [0.5, 0.6) is 5.75 Å². The van der Waals surface area contributed by atoms with Crippen LogP contribution in [0, 0.1) is 13.8 Å². The van der Waals surface area contributed by atoms with Gasteiger partial charge in [0, 0.05) is 34.8 Å². The molecule has 4 aromatic rings. The minimum absolute atomic E-state index is 0.120. The number of hydrogen-bond donors (Lipinski definition) is 2. The Hall–Kier alpha value is -3.98. The third kappa shape index (κ3) is 4.99. The Morgan fingerprint density at radius 1 is 1.00 bits per heavy atom. The minimum Gasteiger partial charge on any atom is -0.497 e. The first kappa shape index (κ1) is 23.2. The van der Waals surface area contributed by atoms with E-state index in [1.165, 1.54) is 22.2 Å². The van der Waals surface area contributed by atoms with Crippen LogP contribution in [-0.2, 0) is 11.3 Å². The second kappa shape index (κ2) is 9.88. The van der Waals surface area contributed by atoms with Crippen LogP contribution in [0.2, 0.25) is 0 Å². The lowest BCUT2D eigenvalue weighted by atomic mass is 10.2. The van der Waals surface area contributed by atoms with Gasteiger partial charge in [0.15, 0.2) is 0 Å². The highest BCUT2D eigenvalue weighted by atomic mass is 32.1. The zero-order valence-corrected chi connectivity index (χ0v) is 19.9. The maximum absolute atomic E-state index is 12.8. The van der Waals surface area contributed by atoms with E-state index in [1.807, 2.05) is 13.8 Å². The van der Waals surface area contributed by atoms with E-state index >= 15 is 0 Å². The van der Waals surface area contributed by atoms with Gasteiger partial charge in [0.2, 0.25) is 5.91 Å². The topological polar surface area (TPSA) is 102 Å². The van der Waals surface area contributed by atoms with E-state index in [0.717, 1.165) is 15.3 Å². The minimum atomic E-state index is -0.260. The van der Waals surface area contributed by atoms with E-state index < -0.39 is 0 Å². The summed E-state index contributed by atoms with van der Waals surface area (Å²) >= 11 is 1.50. The highest BCUT2D eigenvalue weighted by Crippen LogP contribution is 2.25. The number of anilines is 2. The van der Waals surface area contributed by atoms with Gasteiger partial charge in [0.05, 0.1) is 18.8 Å². The lowest BCUT2D eigenvalue weighted by Gasteiger charge is -2.09. The molecular weight excluding hydrogens is 452 g/mol. The summed E-state index contributed by atoms with van der Waals surface area (Å²) in [5, 5.41) is 6.23. The number of benzene rings is 2. The summed E-state index contributed by atoms with van der Waals surface area (Å²) in [5.41, 5.74) is 2.48. The monoisotopic (exact) mass is 476 g/mol. The highest BCUT2D eigenvalue weighted by Gasteiger charge is 2.13. The van der Waals surface area contributed by atoms with Crippen LogP contribution in [0.4, 0.5) is 11.4 Å². The summed E-state index contributed by atoms with van der Waals surface area (Å²) in [6.07, 6.45) is 1.61. The Kier molecular flexibility index (Phi) is 6.74. The fraction of sp³-hybridized carbons (Fsp3) is 0.200. The Bertz CT molecular complexity index is 1410. The number of carbonyl (C=O) groups is 2. The quantitative estimate of drug-likeness (QED) is 0.413. The Morgan fingerprint density at radius 3 is 2.32 bits per heavy atom. The maximum atomic E-state index is 12.8. The molecule has 2 aromatic carbocycles. The molecule has 0 atom stereocenters. The summed E-state index contributed by atoms with van der Waals surface area (Å²) in [6.45, 7) is 4.10. The number of hydrogen-bond acceptors (Lipinski definition) is 6. The van der Waals surface area contributed by atoms with Crippen LogP contribution in [0.1, 0.15) is 27.2 Å². The number of fused-ring (bicyclic) bond motifs is 1. The van der Waals surface area contributed by atoms with Crippen LogP contribution in [0.25, 0.3) is 10.2 Å². The van der Waals surface area contributed by atoms with Crippen molar-refractivity contribution in [1.29, 1.82) is 0 Å². The molecule has 0 saturated heterocycles. The van der Waals surface area contributed by atoms with Crippen LogP contribution in [0.15, 0.2) is 59.7 Å². The number of nitrogens with one attached hydrogen (secondary N) is 2. The summed E-state index contributed by atoms with van der Waals surface area (Å²) < 4.78 is 6.57. The van der Waals surface area contributed by atoms with E-state index in [9.17, 15) is 14.4 Å². The molecular formula is C25H24N4O4S. The van der Waals surface area contributed by atoms with E-state index in [4.69, 9.17) is 4.74 Å². The van der Waals surface area contributed by atoms with Gasteiger partial charge >= 0.3 is 0 Å². The van der Waals surface area contributed by atoms with Crippen molar-refractivity contribution in [2.75, 3.05) is 17.7 Å². The van der Waals surface area contributed by atoms with E-state index in [0.29, 0.717) is 28.1 Å². The standard InChI is InChI=1S/C25H24N4O4S/c1-15-16(2)34-24-22(15)25(32)29(14-26-24)13-12-21(30)27-18-6-4-17(5-7-18)23(31)28-19-8-10-20(33-3)11-9-19/h4-11,14H,12-13H2,1-3H3,(H,27,30)(H,28,31). The second-order valence-electron chi connectivity index (χ2n) is 7.76. The number of amides is 2. The Balaban J connectivity index is 1.34. The zero-order valence-electron chi connectivity index (χ0n) is 19.0. The number of nitrogens with zero attached hydrogens (tertiary/aromatic N) is 2. The molecule has 0 fully saturated rings. The average molecular weight is 477 g/mol. The van der Waals surface area contributed by atoms with Gasteiger partial charge in [-0.2, -0.15) is 0 Å². The van der Waals surface area contributed by atoms with Crippen LogP contribution >= 0.6 is 11.3 Å². The van der Waals surface area contributed by atoms with Gasteiger partial charge < -0.3 is 15.4 Å². The molecule has 0 aliphatic heterocycles. The van der Waals surface area contributed by atoms with Gasteiger partial charge in [-0.05, 0) is 67.9 Å². The fourth-order valence-electron chi connectivity index (χ4n) is 3.46. The zero-order chi connectivity index (χ0) is 24.2. The molecule has 174 valence electrons. The van der Waals surface area contributed by atoms with E-state index in [2.05, 4.69) is 15.6 Å². The summed E-state index contributed by atoms with van der Waals surface area (Å²) in [7, 11) is 1.58. The molecule has 2 N–H and O–H groups in total. The molecule has 0 aliphatic rings. The van der Waals surface area contributed by atoms with Crippen molar-refractivity contribution in [1.82, 2.24) is 9.55 Å². The molecule has 4 rings (SSSR count). The lowest BCUT2D eigenvalue weighted by molar-refractivity contribution is -0.116. The van der Waals surface area contributed by atoms with Crippen molar-refractivity contribution in [2.45, 2.75) is 26.8 Å². The molecule has 8 nitrogen and oxygen atoms in total. The van der Waals surface area contributed by atoms with Gasteiger partial charge in [0.1, 0.15) is 10.6 Å². The second-order valence-corrected chi connectivity index (χ2v) is 8.97. The van der Waals surface area contributed by atoms with Crippen LogP contribution < -0.4 is 20.9 Å². The molecule has 0 saturated carbocycles. The van der Waals surface area contributed by atoms with Crippen LogP contribution in [0.3, 0.4) is 0 Å². The molecule has 0 bridgehead atoms. The van der Waals surface area contributed by atoms with Gasteiger partial charge in [-0.1, -0.05) is 0 Å². The van der Waals surface area contributed by atoms with Gasteiger partial charge in [-0.3, -0.25) is 19.0 Å². The van der Waals surface area contributed by atoms with E-state index in [-0.39, 0.29) is 30.3 Å². The lowest BCUT2D eigenvalue weighted by Crippen LogP contribution is -2.23. The predicted molar refractivity (Wildman–Crippen MR) is 134 cm³/mol. The molecule has 0 spiro atoms. The van der Waals surface area contributed by atoms with Gasteiger partial charge in [0.25, 0.3) is 11.5 Å². The van der Waals surface area contributed by atoms with E-state index in [1.54, 1.807) is 55.6 Å². The molecule has 2 aromatic heterocycles. The SMILES string of the molecule is COc1ccc(NC(=O)c2ccc(NC(=O)CCn3cnc4sc(C)c(C)c4c3=O)cc2)cc1. The van der Waals surface area contributed by atoms with Gasteiger partial charge in [-0.25, -0.2) is 4.98 Å². The number of carbonyl (C=O) groups excluding carboxylic acids is 2. The molecule has 34 heavy (non-hydrogen) atoms. The van der Waals surface area contributed by atoms with Crippen molar-refractivity contribution in [3.8, 4) is 5.75 Å². The third-order valence-corrected chi connectivity index (χ3v) is 6.63. The maximum Gasteiger partial charge on any atom is 0.262 e. The summed E-state index contributed by atoms with van der Waals surface area (Å²) in [4.78, 5) is 43.7. The number of aromatic nitrogens is 2. The largest absolute Gasteiger partial charge is 0.497 e. The third-order valence-electron chi connectivity index (χ3n) is 5.51. The molecule has 0 aliphatic carbocycles. The molecule has 2 amide bonds. The van der Waals surface area contributed by atoms with Crippen molar-refractivity contribution in [2.24, 2.45) is 0 Å². The number of methoxy groups -OCH3 is 1. The Labute approximate surface area is 200 Å². The molecule has 0 unspecified atom stereocenters. The van der Waals surface area contributed by atoms with Crippen LogP contribution in [-0.4, -0.2) is 28.5 Å². The summed E-state index contributed by atoms with van der Waals surface area (Å²) in [5.74, 6) is 0.210. The number of aryl methyl sites for hydroxylation is 3. The summed E-state index contributed by atoms with van der Waals surface area (Å²) in [6, 6.07) is 13.6. The number of ether oxygens (including phenoxy) is 1. The number of thiophene rings is 1. The van der Waals surface area contributed by atoms with Crippen molar-refractivity contribution in [3.05, 3.63) is 81.2 Å². The normalized spacial score (nSPS) is 10.8. The molecule has 9 heteroatoms. The predicted octanol–water partition coefficient (Wildman–Crippen LogP) is 4.36. The Morgan fingerprint density at radius 2 is 1.65 bits per heavy atom.